The molecule has 0 unspecified atom stereocenters. The number of anilines is 2. The first-order valence-corrected chi connectivity index (χ1v) is 6.48. The fourth-order valence-electron chi connectivity index (χ4n) is 2.28. The normalized spacial score (nSPS) is 11.6. The number of aromatic amines is 1. The SMILES string of the molecule is CC(C)N(C)c1nc(N)nc2[nH]c3ccc(O)cc3c12. The van der Waals surface area contributed by atoms with Gasteiger partial charge in [-0.1, -0.05) is 0 Å². The number of phenolic OH excluding ortho intramolecular Hbond substituents is 1. The molecule has 0 atom stereocenters. The lowest BCUT2D eigenvalue weighted by molar-refractivity contribution is 0.476. The summed E-state index contributed by atoms with van der Waals surface area (Å²) >= 11 is 0. The van der Waals surface area contributed by atoms with Crippen LogP contribution in [0.3, 0.4) is 0 Å². The maximum Gasteiger partial charge on any atom is 0.223 e. The Hall–Kier alpha value is -2.50. The second-order valence-corrected chi connectivity index (χ2v) is 5.19. The van der Waals surface area contributed by atoms with Crippen LogP contribution < -0.4 is 10.6 Å². The molecule has 3 aromatic rings. The van der Waals surface area contributed by atoms with E-state index in [9.17, 15) is 5.11 Å². The van der Waals surface area contributed by atoms with Crippen molar-refractivity contribution in [3.63, 3.8) is 0 Å². The van der Waals surface area contributed by atoms with Gasteiger partial charge in [0.25, 0.3) is 0 Å². The fourth-order valence-corrected chi connectivity index (χ4v) is 2.28. The van der Waals surface area contributed by atoms with Crippen molar-refractivity contribution < 1.29 is 5.11 Å². The summed E-state index contributed by atoms with van der Waals surface area (Å²) in [4.78, 5) is 13.9. The number of aromatic hydroxyl groups is 1. The summed E-state index contributed by atoms with van der Waals surface area (Å²) in [6.45, 7) is 4.16. The lowest BCUT2D eigenvalue weighted by Crippen LogP contribution is -2.27. The predicted molar refractivity (Wildman–Crippen MR) is 81.0 cm³/mol. The third-order valence-corrected chi connectivity index (χ3v) is 3.54. The van der Waals surface area contributed by atoms with Gasteiger partial charge in [0.15, 0.2) is 0 Å². The highest BCUT2D eigenvalue weighted by molar-refractivity contribution is 6.12. The van der Waals surface area contributed by atoms with E-state index in [0.29, 0.717) is 5.65 Å². The smallest absolute Gasteiger partial charge is 0.223 e. The van der Waals surface area contributed by atoms with Gasteiger partial charge < -0.3 is 20.7 Å². The van der Waals surface area contributed by atoms with Gasteiger partial charge in [0.1, 0.15) is 17.2 Å². The summed E-state index contributed by atoms with van der Waals surface area (Å²) in [5, 5.41) is 11.5. The molecule has 6 heteroatoms. The van der Waals surface area contributed by atoms with Crippen LogP contribution in [0.2, 0.25) is 0 Å². The monoisotopic (exact) mass is 271 g/mol. The molecule has 0 radical (unpaired) electrons. The van der Waals surface area contributed by atoms with E-state index in [1.807, 2.05) is 18.0 Å². The number of H-pyrrole nitrogens is 1. The zero-order chi connectivity index (χ0) is 14.4. The van der Waals surface area contributed by atoms with Gasteiger partial charge in [-0.2, -0.15) is 9.97 Å². The van der Waals surface area contributed by atoms with Crippen molar-refractivity contribution in [1.29, 1.82) is 0 Å². The number of hydrogen-bond donors (Lipinski definition) is 3. The Morgan fingerprint density at radius 3 is 2.75 bits per heavy atom. The minimum atomic E-state index is 0.216. The van der Waals surface area contributed by atoms with Crippen molar-refractivity contribution >= 4 is 33.7 Å². The van der Waals surface area contributed by atoms with Gasteiger partial charge in [-0.05, 0) is 32.0 Å². The van der Waals surface area contributed by atoms with Crippen LogP contribution in [0.5, 0.6) is 5.75 Å². The van der Waals surface area contributed by atoms with Crippen LogP contribution >= 0.6 is 0 Å². The number of nitrogens with two attached hydrogens (primary N) is 1. The van der Waals surface area contributed by atoms with Gasteiger partial charge in [0.05, 0.1) is 5.39 Å². The summed E-state index contributed by atoms with van der Waals surface area (Å²) < 4.78 is 0. The molecule has 0 amide bonds. The van der Waals surface area contributed by atoms with E-state index in [0.717, 1.165) is 22.1 Å². The standard InChI is InChI=1S/C14H17N5O/c1-7(2)19(3)13-11-9-6-8(20)4-5-10(9)16-12(11)17-14(15)18-13/h4-7,20H,1-3H3,(H3,15,16,17,18). The Balaban J connectivity index is 2.43. The molecule has 0 saturated carbocycles. The van der Waals surface area contributed by atoms with Crippen molar-refractivity contribution in [3.8, 4) is 5.75 Å². The quantitative estimate of drug-likeness (QED) is 0.665. The number of phenols is 1. The number of fused-ring (bicyclic) bond motifs is 3. The van der Waals surface area contributed by atoms with Gasteiger partial charge in [-0.15, -0.1) is 0 Å². The second-order valence-electron chi connectivity index (χ2n) is 5.19. The number of benzene rings is 1. The van der Waals surface area contributed by atoms with Crippen molar-refractivity contribution in [2.24, 2.45) is 0 Å². The molecule has 0 aliphatic rings. The van der Waals surface area contributed by atoms with E-state index in [-0.39, 0.29) is 17.7 Å². The zero-order valence-electron chi connectivity index (χ0n) is 11.7. The molecule has 20 heavy (non-hydrogen) atoms. The molecule has 3 rings (SSSR count). The summed E-state index contributed by atoms with van der Waals surface area (Å²) in [6, 6.07) is 5.45. The van der Waals surface area contributed by atoms with Crippen LogP contribution in [-0.2, 0) is 0 Å². The molecule has 6 nitrogen and oxygen atoms in total. The number of rotatable bonds is 2. The van der Waals surface area contributed by atoms with E-state index in [1.54, 1.807) is 12.1 Å². The van der Waals surface area contributed by atoms with Gasteiger partial charge in [0.2, 0.25) is 5.95 Å². The molecule has 2 aromatic heterocycles. The van der Waals surface area contributed by atoms with Crippen molar-refractivity contribution in [3.05, 3.63) is 18.2 Å². The van der Waals surface area contributed by atoms with E-state index < -0.39 is 0 Å². The molecule has 0 fully saturated rings. The first kappa shape index (κ1) is 12.5. The Bertz CT molecular complexity index is 793. The Labute approximate surface area is 116 Å². The summed E-state index contributed by atoms with van der Waals surface area (Å²) in [7, 11) is 1.97. The summed E-state index contributed by atoms with van der Waals surface area (Å²) in [5.41, 5.74) is 7.38. The van der Waals surface area contributed by atoms with Crippen molar-refractivity contribution in [1.82, 2.24) is 15.0 Å². The largest absolute Gasteiger partial charge is 0.508 e. The Morgan fingerprint density at radius 1 is 1.30 bits per heavy atom. The molecule has 0 bridgehead atoms. The highest BCUT2D eigenvalue weighted by Gasteiger charge is 2.17. The minimum absolute atomic E-state index is 0.216. The van der Waals surface area contributed by atoms with Crippen LogP contribution in [0.15, 0.2) is 18.2 Å². The summed E-state index contributed by atoms with van der Waals surface area (Å²) in [5.74, 6) is 1.21. The second kappa shape index (κ2) is 4.26. The molecule has 104 valence electrons. The molecule has 1 aromatic carbocycles. The molecule has 4 N–H and O–H groups in total. The van der Waals surface area contributed by atoms with Crippen LogP contribution in [0.4, 0.5) is 11.8 Å². The first-order chi connectivity index (χ1) is 9.47. The maximum atomic E-state index is 9.71. The molecule has 0 aliphatic carbocycles. The number of nitrogens with zero attached hydrogens (tertiary/aromatic N) is 3. The number of nitrogen functional groups attached to an aromatic ring is 1. The van der Waals surface area contributed by atoms with Gasteiger partial charge in [0, 0.05) is 24.0 Å². The van der Waals surface area contributed by atoms with Crippen molar-refractivity contribution in [2.75, 3.05) is 17.7 Å². The fraction of sp³-hybridized carbons (Fsp3) is 0.286. The topological polar surface area (TPSA) is 91.1 Å². The molecule has 0 saturated heterocycles. The molecule has 0 aliphatic heterocycles. The van der Waals surface area contributed by atoms with E-state index in [4.69, 9.17) is 5.73 Å². The number of aromatic nitrogens is 3. The lowest BCUT2D eigenvalue weighted by atomic mass is 10.2. The van der Waals surface area contributed by atoms with Crippen LogP contribution in [-0.4, -0.2) is 33.1 Å². The van der Waals surface area contributed by atoms with Crippen LogP contribution in [0, 0.1) is 0 Å². The van der Waals surface area contributed by atoms with Crippen molar-refractivity contribution in [2.45, 2.75) is 19.9 Å². The number of hydrogen-bond acceptors (Lipinski definition) is 5. The van der Waals surface area contributed by atoms with E-state index in [2.05, 4.69) is 28.8 Å². The predicted octanol–water partition coefficient (Wildman–Crippen LogP) is 2.24. The number of nitrogens with one attached hydrogen (secondary N) is 1. The van der Waals surface area contributed by atoms with Crippen LogP contribution in [0.1, 0.15) is 13.8 Å². The Morgan fingerprint density at radius 2 is 2.05 bits per heavy atom. The highest BCUT2D eigenvalue weighted by atomic mass is 16.3. The highest BCUT2D eigenvalue weighted by Crippen LogP contribution is 2.33. The zero-order valence-corrected chi connectivity index (χ0v) is 11.7. The average molecular weight is 271 g/mol. The van der Waals surface area contributed by atoms with Gasteiger partial charge >= 0.3 is 0 Å². The first-order valence-electron chi connectivity index (χ1n) is 6.48. The summed E-state index contributed by atoms with van der Waals surface area (Å²) in [6.07, 6.45) is 0. The third kappa shape index (κ3) is 1.80. The molecular formula is C14H17N5O. The lowest BCUT2D eigenvalue weighted by Gasteiger charge is -2.23. The molecule has 2 heterocycles. The minimum Gasteiger partial charge on any atom is -0.508 e. The third-order valence-electron chi connectivity index (χ3n) is 3.54. The molecule has 0 spiro atoms. The van der Waals surface area contributed by atoms with E-state index >= 15 is 0 Å². The maximum absolute atomic E-state index is 9.71. The van der Waals surface area contributed by atoms with Gasteiger partial charge in [-0.3, -0.25) is 0 Å². The average Bonchev–Trinajstić information content (AvgIpc) is 2.74. The van der Waals surface area contributed by atoms with E-state index in [1.165, 1.54) is 0 Å². The molecular weight excluding hydrogens is 254 g/mol. The Kier molecular flexibility index (Phi) is 2.67. The van der Waals surface area contributed by atoms with Crippen LogP contribution in [0.25, 0.3) is 21.9 Å². The van der Waals surface area contributed by atoms with Gasteiger partial charge in [-0.25, -0.2) is 0 Å².